The molecule has 2 rings (SSSR count). The summed E-state index contributed by atoms with van der Waals surface area (Å²) in [6.45, 7) is 4.81. The van der Waals surface area contributed by atoms with Crippen LogP contribution >= 0.6 is 11.8 Å². The predicted octanol–water partition coefficient (Wildman–Crippen LogP) is 0.377. The van der Waals surface area contributed by atoms with E-state index in [0.717, 1.165) is 0 Å². The minimum atomic E-state index is -3.98. The van der Waals surface area contributed by atoms with E-state index in [1.807, 2.05) is 0 Å². The van der Waals surface area contributed by atoms with Crippen molar-refractivity contribution >= 4 is 33.7 Å². The quantitative estimate of drug-likeness (QED) is 0.712. The number of aliphatic carboxylic acids is 1. The van der Waals surface area contributed by atoms with E-state index in [4.69, 9.17) is 9.63 Å². The van der Waals surface area contributed by atoms with Crippen LogP contribution < -0.4 is 4.72 Å². The number of carboxylic acids is 1. The lowest BCUT2D eigenvalue weighted by molar-refractivity contribution is -0.140. The number of carboxylic acid groups (broad SMARTS) is 1. The number of aryl methyl sites for hydroxylation is 2. The van der Waals surface area contributed by atoms with E-state index in [9.17, 15) is 18.0 Å². The lowest BCUT2D eigenvalue weighted by Gasteiger charge is -2.36. The minimum absolute atomic E-state index is 0.0802. The van der Waals surface area contributed by atoms with Crippen LogP contribution in [-0.4, -0.2) is 65.6 Å². The zero-order valence-corrected chi connectivity index (χ0v) is 15.8. The molecular formula is C14H21N3O6S2. The van der Waals surface area contributed by atoms with Gasteiger partial charge in [-0.1, -0.05) is 5.16 Å². The van der Waals surface area contributed by atoms with Crippen LogP contribution in [0.25, 0.3) is 0 Å². The standard InChI is InChI=1S/C14H21N3O6S2/c1-8-13(10(3)23-15-8)25(21,22)16-9(2)14(20)17-4-5-24-7-11(17)6-12(18)19/h9,11,16H,4-7H2,1-3H3,(H,18,19). The summed E-state index contributed by atoms with van der Waals surface area (Å²) in [4.78, 5) is 25.0. The second-order valence-electron chi connectivity index (χ2n) is 5.85. The van der Waals surface area contributed by atoms with Gasteiger partial charge in [-0.3, -0.25) is 9.59 Å². The molecule has 2 atom stereocenters. The van der Waals surface area contributed by atoms with Gasteiger partial charge in [0.2, 0.25) is 15.9 Å². The number of nitrogens with one attached hydrogen (secondary N) is 1. The van der Waals surface area contributed by atoms with Gasteiger partial charge in [0, 0.05) is 18.1 Å². The largest absolute Gasteiger partial charge is 0.481 e. The fraction of sp³-hybridized carbons (Fsp3) is 0.643. The Hall–Kier alpha value is -1.59. The molecule has 1 aromatic rings. The molecule has 1 aromatic heterocycles. The minimum Gasteiger partial charge on any atom is -0.481 e. The van der Waals surface area contributed by atoms with Gasteiger partial charge in [0.1, 0.15) is 10.6 Å². The highest BCUT2D eigenvalue weighted by Crippen LogP contribution is 2.22. The smallest absolute Gasteiger partial charge is 0.305 e. The van der Waals surface area contributed by atoms with Gasteiger partial charge in [-0.15, -0.1) is 0 Å². The van der Waals surface area contributed by atoms with Gasteiger partial charge in [0.25, 0.3) is 0 Å². The summed E-state index contributed by atoms with van der Waals surface area (Å²) >= 11 is 1.58. The molecule has 0 saturated carbocycles. The van der Waals surface area contributed by atoms with Crippen LogP contribution in [0, 0.1) is 13.8 Å². The second-order valence-corrected chi connectivity index (χ2v) is 8.66. The van der Waals surface area contributed by atoms with Gasteiger partial charge >= 0.3 is 5.97 Å². The van der Waals surface area contributed by atoms with E-state index < -0.39 is 34.0 Å². The van der Waals surface area contributed by atoms with Crippen LogP contribution in [0.2, 0.25) is 0 Å². The average Bonchev–Trinajstić information content (AvgIpc) is 2.85. The van der Waals surface area contributed by atoms with E-state index in [1.165, 1.54) is 25.7 Å². The van der Waals surface area contributed by atoms with Crippen LogP contribution in [0.15, 0.2) is 9.42 Å². The molecule has 25 heavy (non-hydrogen) atoms. The van der Waals surface area contributed by atoms with Crippen molar-refractivity contribution in [2.45, 2.75) is 44.2 Å². The molecule has 1 amide bonds. The first kappa shape index (κ1) is 19.7. The van der Waals surface area contributed by atoms with Crippen LogP contribution in [0.4, 0.5) is 0 Å². The zero-order chi connectivity index (χ0) is 18.8. The summed E-state index contributed by atoms with van der Waals surface area (Å²) in [6.07, 6.45) is -0.165. The van der Waals surface area contributed by atoms with Crippen molar-refractivity contribution in [1.29, 1.82) is 0 Å². The van der Waals surface area contributed by atoms with Gasteiger partial charge in [-0.25, -0.2) is 8.42 Å². The normalized spacial score (nSPS) is 19.6. The van der Waals surface area contributed by atoms with Crippen LogP contribution in [0.3, 0.4) is 0 Å². The lowest BCUT2D eigenvalue weighted by Crippen LogP contribution is -2.54. The SMILES string of the molecule is Cc1noc(C)c1S(=O)(=O)NC(C)C(=O)N1CCSCC1CC(=O)O. The van der Waals surface area contributed by atoms with Gasteiger partial charge < -0.3 is 14.5 Å². The van der Waals surface area contributed by atoms with Crippen molar-refractivity contribution in [1.82, 2.24) is 14.8 Å². The Morgan fingerprint density at radius 1 is 1.48 bits per heavy atom. The molecule has 140 valence electrons. The summed E-state index contributed by atoms with van der Waals surface area (Å²) in [5, 5.41) is 12.6. The lowest BCUT2D eigenvalue weighted by atomic mass is 10.1. The van der Waals surface area contributed by atoms with Gasteiger partial charge in [-0.05, 0) is 20.8 Å². The highest BCUT2D eigenvalue weighted by molar-refractivity contribution is 7.99. The first-order chi connectivity index (χ1) is 11.6. The molecule has 0 aromatic carbocycles. The molecule has 9 nitrogen and oxygen atoms in total. The molecule has 0 radical (unpaired) electrons. The third kappa shape index (κ3) is 4.53. The molecule has 1 aliphatic rings. The fourth-order valence-corrected chi connectivity index (χ4v) is 5.35. The zero-order valence-electron chi connectivity index (χ0n) is 14.2. The summed E-state index contributed by atoms with van der Waals surface area (Å²) in [5.74, 6) is -0.0917. The molecule has 2 N–H and O–H groups in total. The number of amides is 1. The number of nitrogens with zero attached hydrogens (tertiary/aromatic N) is 2. The molecule has 2 heterocycles. The third-order valence-corrected chi connectivity index (χ3v) is 6.74. The maximum absolute atomic E-state index is 12.7. The van der Waals surface area contributed by atoms with Gasteiger partial charge in [0.05, 0.1) is 18.5 Å². The Labute approximate surface area is 150 Å². The number of sulfonamides is 1. The molecule has 11 heteroatoms. The molecule has 0 spiro atoms. The Morgan fingerprint density at radius 3 is 2.72 bits per heavy atom. The predicted molar refractivity (Wildman–Crippen MR) is 90.8 cm³/mol. The van der Waals surface area contributed by atoms with Crippen LogP contribution in [0.1, 0.15) is 24.8 Å². The molecule has 1 aliphatic heterocycles. The van der Waals surface area contributed by atoms with Crippen molar-refractivity contribution < 1.29 is 27.6 Å². The topological polar surface area (TPSA) is 130 Å². The van der Waals surface area contributed by atoms with Crippen molar-refractivity contribution in [3.05, 3.63) is 11.5 Å². The van der Waals surface area contributed by atoms with Crippen molar-refractivity contribution in [3.63, 3.8) is 0 Å². The summed E-state index contributed by atoms with van der Waals surface area (Å²) in [7, 11) is -3.98. The number of thioether (sulfide) groups is 1. The van der Waals surface area contributed by atoms with E-state index in [2.05, 4.69) is 9.88 Å². The molecule has 2 unspecified atom stereocenters. The molecule has 0 aliphatic carbocycles. The highest BCUT2D eigenvalue weighted by Gasteiger charge is 2.34. The number of carbonyl (C=O) groups is 2. The number of rotatable bonds is 6. The van der Waals surface area contributed by atoms with Crippen molar-refractivity contribution in [3.8, 4) is 0 Å². The van der Waals surface area contributed by atoms with Crippen LogP contribution in [0.5, 0.6) is 0 Å². The van der Waals surface area contributed by atoms with E-state index >= 15 is 0 Å². The van der Waals surface area contributed by atoms with Gasteiger partial charge in [0.15, 0.2) is 5.76 Å². The van der Waals surface area contributed by atoms with Crippen molar-refractivity contribution in [2.24, 2.45) is 0 Å². The maximum atomic E-state index is 12.7. The molecule has 1 saturated heterocycles. The van der Waals surface area contributed by atoms with Crippen molar-refractivity contribution in [2.75, 3.05) is 18.1 Å². The summed E-state index contributed by atoms with van der Waals surface area (Å²) in [5.41, 5.74) is 0.211. The highest BCUT2D eigenvalue weighted by atomic mass is 32.2. The van der Waals surface area contributed by atoms with Crippen LogP contribution in [-0.2, 0) is 19.6 Å². The average molecular weight is 391 g/mol. The van der Waals surface area contributed by atoms with Gasteiger partial charge in [-0.2, -0.15) is 16.5 Å². The van der Waals surface area contributed by atoms with E-state index in [0.29, 0.717) is 18.1 Å². The molecule has 0 bridgehead atoms. The summed E-state index contributed by atoms with van der Waals surface area (Å²) < 4.78 is 32.2. The molecule has 1 fully saturated rings. The monoisotopic (exact) mass is 391 g/mol. The number of carbonyl (C=O) groups excluding carboxylic acids is 1. The Bertz CT molecular complexity index is 741. The number of hydrogen-bond acceptors (Lipinski definition) is 7. The second kappa shape index (κ2) is 7.75. The summed E-state index contributed by atoms with van der Waals surface area (Å²) in [6, 6.07) is -1.48. The van der Waals surface area contributed by atoms with E-state index in [1.54, 1.807) is 11.8 Å². The first-order valence-corrected chi connectivity index (χ1v) is 10.3. The third-order valence-electron chi connectivity index (χ3n) is 3.86. The first-order valence-electron chi connectivity index (χ1n) is 7.68. The Kier molecular flexibility index (Phi) is 6.12. The number of aromatic nitrogens is 1. The van der Waals surface area contributed by atoms with E-state index in [-0.39, 0.29) is 22.8 Å². The fourth-order valence-electron chi connectivity index (χ4n) is 2.76. The molecular weight excluding hydrogens is 370 g/mol. The maximum Gasteiger partial charge on any atom is 0.305 e. The Balaban J connectivity index is 2.15. The number of hydrogen-bond donors (Lipinski definition) is 2. The Morgan fingerprint density at radius 2 is 2.16 bits per heavy atom.